The maximum absolute atomic E-state index is 13.0. The monoisotopic (exact) mass is 322 g/mol. The van der Waals surface area contributed by atoms with Crippen LogP contribution < -0.4 is 5.32 Å². The number of urea groups is 1. The number of fused-ring (bicyclic) bond motifs is 2. The Morgan fingerprint density at radius 1 is 1.29 bits per heavy atom. The molecule has 122 valence electrons. The normalized spacial score (nSPS) is 23.3. The van der Waals surface area contributed by atoms with Crippen molar-refractivity contribution in [3.63, 3.8) is 0 Å². The first-order valence-corrected chi connectivity index (χ1v) is 8.11. The van der Waals surface area contributed by atoms with E-state index in [1.807, 2.05) is 30.3 Å². The van der Waals surface area contributed by atoms with Gasteiger partial charge in [0.15, 0.2) is 0 Å². The summed E-state index contributed by atoms with van der Waals surface area (Å²) in [5.41, 5.74) is 0.949. The fourth-order valence-corrected chi connectivity index (χ4v) is 3.63. The summed E-state index contributed by atoms with van der Waals surface area (Å²) >= 11 is 0. The van der Waals surface area contributed by atoms with Crippen LogP contribution in [0.25, 0.3) is 0 Å². The van der Waals surface area contributed by atoms with Crippen molar-refractivity contribution in [3.8, 4) is 12.1 Å². The smallest absolute Gasteiger partial charge is 0.319 e. The van der Waals surface area contributed by atoms with Gasteiger partial charge in [0, 0.05) is 13.0 Å². The lowest BCUT2D eigenvalue weighted by Crippen LogP contribution is -2.46. The van der Waals surface area contributed by atoms with Crippen molar-refractivity contribution in [2.75, 3.05) is 6.54 Å². The van der Waals surface area contributed by atoms with E-state index in [-0.39, 0.29) is 18.9 Å². The molecule has 3 amide bonds. The molecule has 6 nitrogen and oxygen atoms in total. The average Bonchev–Trinajstić information content (AvgIpc) is 2.83. The van der Waals surface area contributed by atoms with Gasteiger partial charge in [-0.15, -0.1) is 0 Å². The van der Waals surface area contributed by atoms with Crippen LogP contribution in [0.5, 0.6) is 0 Å². The van der Waals surface area contributed by atoms with Crippen LogP contribution in [0.2, 0.25) is 0 Å². The van der Waals surface area contributed by atoms with Crippen molar-refractivity contribution in [2.45, 2.75) is 37.6 Å². The molecular weight excluding hydrogens is 304 g/mol. The van der Waals surface area contributed by atoms with E-state index in [2.05, 4.69) is 11.4 Å². The number of rotatable bonds is 4. The van der Waals surface area contributed by atoms with Gasteiger partial charge in [0.05, 0.1) is 18.1 Å². The van der Waals surface area contributed by atoms with Crippen LogP contribution in [0.1, 0.15) is 36.8 Å². The van der Waals surface area contributed by atoms with E-state index >= 15 is 0 Å². The molecule has 1 spiro atoms. The molecule has 2 atom stereocenters. The summed E-state index contributed by atoms with van der Waals surface area (Å²) in [5.74, 6) is -0.801. The first-order valence-electron chi connectivity index (χ1n) is 8.11. The molecule has 1 fully saturated rings. The molecule has 6 heteroatoms. The Kier molecular flexibility index (Phi) is 4.22. The Bertz CT molecular complexity index is 761. The molecule has 1 N–H and O–H groups in total. The predicted octanol–water partition coefficient (Wildman–Crippen LogP) is 2.21. The van der Waals surface area contributed by atoms with Gasteiger partial charge in [-0.2, -0.15) is 10.5 Å². The van der Waals surface area contributed by atoms with Crippen molar-refractivity contribution in [1.29, 1.82) is 10.5 Å². The molecule has 1 aliphatic heterocycles. The van der Waals surface area contributed by atoms with E-state index < -0.39 is 17.5 Å². The van der Waals surface area contributed by atoms with Gasteiger partial charge in [0.1, 0.15) is 5.54 Å². The standard InChI is InChI=1S/C18H18N4O2/c19-10-4-5-13(11-20)12-22-16(23)18(21-17(22)24)9-3-7-14-6-1-2-8-15(14)18/h1-2,6,8,13H,3-5,7,9,12H2,(H,21,24)/t13-,18+/m0/s1. The third-order valence-corrected chi connectivity index (χ3v) is 4.84. The van der Waals surface area contributed by atoms with Gasteiger partial charge in [-0.1, -0.05) is 24.3 Å². The second-order valence-corrected chi connectivity index (χ2v) is 6.28. The fraction of sp³-hybridized carbons (Fsp3) is 0.444. The van der Waals surface area contributed by atoms with Crippen molar-refractivity contribution in [1.82, 2.24) is 10.2 Å². The van der Waals surface area contributed by atoms with Gasteiger partial charge in [-0.25, -0.2) is 4.79 Å². The maximum Gasteiger partial charge on any atom is 0.325 e. The number of carbonyl (C=O) groups excluding carboxylic acids is 2. The van der Waals surface area contributed by atoms with Gasteiger partial charge in [0.25, 0.3) is 5.91 Å². The second kappa shape index (κ2) is 6.33. The summed E-state index contributed by atoms with van der Waals surface area (Å²) in [7, 11) is 0. The molecule has 1 aliphatic carbocycles. The van der Waals surface area contributed by atoms with Crippen molar-refractivity contribution in [3.05, 3.63) is 35.4 Å². The highest BCUT2D eigenvalue weighted by atomic mass is 16.2. The number of imide groups is 1. The number of carbonyl (C=O) groups is 2. The van der Waals surface area contributed by atoms with Crippen molar-refractivity contribution >= 4 is 11.9 Å². The van der Waals surface area contributed by atoms with Gasteiger partial charge in [0.2, 0.25) is 0 Å². The summed E-state index contributed by atoms with van der Waals surface area (Å²) in [6.07, 6.45) is 2.88. The Balaban J connectivity index is 1.88. The fourth-order valence-electron chi connectivity index (χ4n) is 3.63. The van der Waals surface area contributed by atoms with E-state index in [4.69, 9.17) is 5.26 Å². The Hall–Kier alpha value is -2.86. The predicted molar refractivity (Wildman–Crippen MR) is 85.3 cm³/mol. The van der Waals surface area contributed by atoms with E-state index in [1.165, 1.54) is 0 Å². The molecule has 24 heavy (non-hydrogen) atoms. The van der Waals surface area contributed by atoms with Crippen molar-refractivity contribution in [2.24, 2.45) is 5.92 Å². The third kappa shape index (κ3) is 2.51. The number of hydrogen-bond acceptors (Lipinski definition) is 4. The number of nitriles is 2. The molecule has 3 rings (SSSR count). The zero-order chi connectivity index (χ0) is 17.2. The molecule has 1 heterocycles. The maximum atomic E-state index is 13.0. The van der Waals surface area contributed by atoms with Crippen LogP contribution >= 0.6 is 0 Å². The quantitative estimate of drug-likeness (QED) is 0.859. The zero-order valence-corrected chi connectivity index (χ0v) is 13.3. The number of amides is 3. The van der Waals surface area contributed by atoms with Crippen LogP contribution in [-0.2, 0) is 16.8 Å². The van der Waals surface area contributed by atoms with E-state index in [0.717, 1.165) is 28.9 Å². The summed E-state index contributed by atoms with van der Waals surface area (Å²) in [5, 5.41) is 20.8. The first kappa shape index (κ1) is 16.0. The molecule has 0 radical (unpaired) electrons. The minimum Gasteiger partial charge on any atom is -0.319 e. The topological polar surface area (TPSA) is 97.0 Å². The molecule has 0 unspecified atom stereocenters. The van der Waals surface area contributed by atoms with Gasteiger partial charge >= 0.3 is 6.03 Å². The Labute approximate surface area is 140 Å². The zero-order valence-electron chi connectivity index (χ0n) is 13.3. The highest BCUT2D eigenvalue weighted by molar-refractivity contribution is 6.07. The first-order chi connectivity index (χ1) is 11.6. The molecule has 1 aromatic rings. The molecule has 0 aromatic heterocycles. The number of nitrogens with one attached hydrogen (secondary N) is 1. The van der Waals surface area contributed by atoms with E-state index in [9.17, 15) is 14.9 Å². The molecule has 2 aliphatic rings. The minimum absolute atomic E-state index is 0.0345. The molecule has 0 saturated carbocycles. The lowest BCUT2D eigenvalue weighted by molar-refractivity contribution is -0.132. The average molecular weight is 322 g/mol. The SMILES string of the molecule is N#CCC[C@@H](C#N)CN1C(=O)N[C@@]2(CCCc3ccccc32)C1=O. The lowest BCUT2D eigenvalue weighted by atomic mass is 9.76. The van der Waals surface area contributed by atoms with Crippen LogP contribution in [0.3, 0.4) is 0 Å². The van der Waals surface area contributed by atoms with Crippen LogP contribution in [0.4, 0.5) is 4.79 Å². The van der Waals surface area contributed by atoms with Crippen LogP contribution in [-0.4, -0.2) is 23.4 Å². The van der Waals surface area contributed by atoms with Crippen LogP contribution in [0.15, 0.2) is 24.3 Å². The lowest BCUT2D eigenvalue weighted by Gasteiger charge is -2.33. The molecular formula is C18H18N4O2. The number of aryl methyl sites for hydroxylation is 1. The van der Waals surface area contributed by atoms with Gasteiger partial charge < -0.3 is 5.32 Å². The molecule has 0 bridgehead atoms. The van der Waals surface area contributed by atoms with E-state index in [0.29, 0.717) is 12.8 Å². The highest BCUT2D eigenvalue weighted by Crippen LogP contribution is 2.40. The Morgan fingerprint density at radius 3 is 2.83 bits per heavy atom. The Morgan fingerprint density at radius 2 is 2.08 bits per heavy atom. The number of benzene rings is 1. The van der Waals surface area contributed by atoms with E-state index in [1.54, 1.807) is 0 Å². The molecule has 1 saturated heterocycles. The minimum atomic E-state index is -0.999. The summed E-state index contributed by atoms with van der Waals surface area (Å²) in [6.45, 7) is 0.0345. The van der Waals surface area contributed by atoms with Crippen LogP contribution in [0, 0.1) is 28.6 Å². The van der Waals surface area contributed by atoms with Gasteiger partial charge in [-0.05, 0) is 36.8 Å². The number of hydrogen-bond donors (Lipinski definition) is 1. The van der Waals surface area contributed by atoms with Crippen molar-refractivity contribution < 1.29 is 9.59 Å². The summed E-state index contributed by atoms with van der Waals surface area (Å²) in [6, 6.07) is 11.3. The highest BCUT2D eigenvalue weighted by Gasteiger charge is 2.54. The summed E-state index contributed by atoms with van der Waals surface area (Å²) in [4.78, 5) is 26.6. The largest absolute Gasteiger partial charge is 0.325 e. The third-order valence-electron chi connectivity index (χ3n) is 4.84. The molecule has 1 aromatic carbocycles. The van der Waals surface area contributed by atoms with Gasteiger partial charge in [-0.3, -0.25) is 9.69 Å². The number of nitrogens with zero attached hydrogens (tertiary/aromatic N) is 3. The summed E-state index contributed by atoms with van der Waals surface area (Å²) < 4.78 is 0. The second-order valence-electron chi connectivity index (χ2n) is 6.28.